The van der Waals surface area contributed by atoms with Crippen LogP contribution < -0.4 is 10.5 Å². The van der Waals surface area contributed by atoms with Gasteiger partial charge < -0.3 is 10.2 Å². The number of nitrogens with two attached hydrogens (primary N) is 1. The summed E-state index contributed by atoms with van der Waals surface area (Å²) in [5.41, 5.74) is 3.82. The molecule has 0 saturated heterocycles. The van der Waals surface area contributed by atoms with E-state index in [0.717, 1.165) is 25.0 Å². The summed E-state index contributed by atoms with van der Waals surface area (Å²) in [5.74, 6) is 0. The van der Waals surface area contributed by atoms with Crippen LogP contribution in [0.5, 0.6) is 0 Å². The van der Waals surface area contributed by atoms with Gasteiger partial charge >= 0.3 is 6.03 Å². The highest BCUT2D eigenvalue weighted by Gasteiger charge is 2.19. The summed E-state index contributed by atoms with van der Waals surface area (Å²) in [5, 5.41) is 15.3. The number of rotatable bonds is 4. The summed E-state index contributed by atoms with van der Waals surface area (Å²) >= 11 is 0. The molecule has 26 heavy (non-hydrogen) atoms. The zero-order valence-electron chi connectivity index (χ0n) is 14.7. The Hall–Kier alpha value is -2.39. The van der Waals surface area contributed by atoms with E-state index in [1.54, 1.807) is 11.9 Å². The maximum atomic E-state index is 12.4. The zero-order chi connectivity index (χ0) is 18.7. The van der Waals surface area contributed by atoms with Crippen molar-refractivity contribution in [2.24, 2.45) is 5.14 Å². The van der Waals surface area contributed by atoms with Gasteiger partial charge in [-0.05, 0) is 55.5 Å². The van der Waals surface area contributed by atoms with Gasteiger partial charge in [-0.2, -0.15) is 5.10 Å². The van der Waals surface area contributed by atoms with Crippen molar-refractivity contribution in [1.82, 2.24) is 15.1 Å². The zero-order valence-corrected chi connectivity index (χ0v) is 15.5. The number of benzene rings is 1. The molecule has 0 spiro atoms. The molecule has 140 valence electrons. The molecule has 4 N–H and O–H groups in total. The van der Waals surface area contributed by atoms with Gasteiger partial charge in [0.15, 0.2) is 0 Å². The van der Waals surface area contributed by atoms with Gasteiger partial charge in [-0.25, -0.2) is 18.4 Å². The van der Waals surface area contributed by atoms with Gasteiger partial charge in [0.25, 0.3) is 0 Å². The molecule has 1 heterocycles. The second-order valence-corrected chi connectivity index (χ2v) is 8.11. The molecule has 3 rings (SSSR count). The number of amides is 2. The minimum absolute atomic E-state index is 0.00284. The minimum Gasteiger partial charge on any atom is -0.322 e. The fourth-order valence-corrected chi connectivity index (χ4v) is 3.62. The Morgan fingerprint density at radius 1 is 1.23 bits per heavy atom. The summed E-state index contributed by atoms with van der Waals surface area (Å²) in [6, 6.07) is 5.44. The first-order valence-electron chi connectivity index (χ1n) is 8.54. The lowest BCUT2D eigenvalue weighted by atomic mass is 10.1. The van der Waals surface area contributed by atoms with Gasteiger partial charge in [0, 0.05) is 18.4 Å². The van der Waals surface area contributed by atoms with Crippen LogP contribution in [0.1, 0.15) is 36.2 Å². The number of fused-ring (bicyclic) bond motifs is 1. The van der Waals surface area contributed by atoms with Crippen molar-refractivity contribution < 1.29 is 13.2 Å². The first kappa shape index (κ1) is 18.4. The molecule has 9 heteroatoms. The molecule has 0 bridgehead atoms. The molecule has 8 nitrogen and oxygen atoms in total. The Bertz CT molecular complexity index is 890. The molecule has 2 aromatic rings. The molecule has 0 atom stereocenters. The fraction of sp³-hybridized carbons (Fsp3) is 0.412. The lowest BCUT2D eigenvalue weighted by Gasteiger charge is -2.18. The summed E-state index contributed by atoms with van der Waals surface area (Å²) < 4.78 is 22.5. The maximum absolute atomic E-state index is 12.4. The first-order chi connectivity index (χ1) is 12.3. The fourth-order valence-electron chi connectivity index (χ4n) is 3.10. The Balaban J connectivity index is 1.64. The van der Waals surface area contributed by atoms with Crippen molar-refractivity contribution >= 4 is 21.7 Å². The Labute approximate surface area is 152 Å². The molecule has 2 amide bonds. The van der Waals surface area contributed by atoms with Crippen LogP contribution in [0.4, 0.5) is 10.5 Å². The average molecular weight is 377 g/mol. The van der Waals surface area contributed by atoms with Crippen LogP contribution in [-0.4, -0.2) is 36.6 Å². The van der Waals surface area contributed by atoms with Crippen LogP contribution in [0, 0.1) is 0 Å². The monoisotopic (exact) mass is 377 g/mol. The van der Waals surface area contributed by atoms with Crippen molar-refractivity contribution in [3.63, 3.8) is 0 Å². The van der Waals surface area contributed by atoms with Gasteiger partial charge in [0.05, 0.1) is 17.1 Å². The number of urea groups is 1. The average Bonchev–Trinajstić information content (AvgIpc) is 2.81. The second-order valence-electron chi connectivity index (χ2n) is 6.54. The topological polar surface area (TPSA) is 121 Å². The van der Waals surface area contributed by atoms with Crippen LogP contribution >= 0.6 is 0 Å². The number of hydrogen-bond donors (Lipinski definition) is 3. The standard InChI is InChI=1S/C17H23N5O3S/c1-22(11-16-14-5-3-2-4-6-15(14)20-21-16)17(23)19-12-7-9-13(10-8-12)26(18,24)25/h7-10H,2-6,11H2,1H3,(H,19,23)(H,20,21)(H2,18,24,25). The van der Waals surface area contributed by atoms with E-state index in [4.69, 9.17) is 5.14 Å². The molecule has 1 aromatic heterocycles. The smallest absolute Gasteiger partial charge is 0.321 e. The van der Waals surface area contributed by atoms with Crippen LogP contribution in [-0.2, 0) is 29.4 Å². The summed E-state index contributed by atoms with van der Waals surface area (Å²) in [4.78, 5) is 13.9. The van der Waals surface area contributed by atoms with E-state index >= 15 is 0 Å². The lowest BCUT2D eigenvalue weighted by molar-refractivity contribution is 0.220. The number of carbonyl (C=O) groups is 1. The van der Waals surface area contributed by atoms with Crippen molar-refractivity contribution in [2.75, 3.05) is 12.4 Å². The molecule has 1 aliphatic rings. The molecule has 0 fully saturated rings. The molecule has 1 aromatic carbocycles. The molecule has 1 aliphatic carbocycles. The van der Waals surface area contributed by atoms with Gasteiger partial charge in [-0.1, -0.05) is 6.42 Å². The summed E-state index contributed by atoms with van der Waals surface area (Å²) in [6.07, 6.45) is 5.53. The predicted octanol–water partition coefficient (Wildman–Crippen LogP) is 1.99. The van der Waals surface area contributed by atoms with E-state index in [2.05, 4.69) is 15.5 Å². The molecule has 0 radical (unpaired) electrons. The summed E-state index contributed by atoms with van der Waals surface area (Å²) in [7, 11) is -2.05. The van der Waals surface area contributed by atoms with Gasteiger partial charge in [-0.15, -0.1) is 0 Å². The summed E-state index contributed by atoms with van der Waals surface area (Å²) in [6.45, 7) is 0.410. The van der Waals surface area contributed by atoms with E-state index in [1.807, 2.05) is 0 Å². The van der Waals surface area contributed by atoms with Crippen LogP contribution in [0.25, 0.3) is 0 Å². The number of sulfonamides is 1. The number of primary sulfonamides is 1. The lowest BCUT2D eigenvalue weighted by Crippen LogP contribution is -2.31. The number of hydrogen-bond acceptors (Lipinski definition) is 4. The molecule has 0 unspecified atom stereocenters. The SMILES string of the molecule is CN(Cc1n[nH]c2c1CCCCC2)C(=O)Nc1ccc(S(N)(=O)=O)cc1. The first-order valence-corrected chi connectivity index (χ1v) is 10.1. The van der Waals surface area contributed by atoms with E-state index in [-0.39, 0.29) is 10.9 Å². The predicted molar refractivity (Wildman–Crippen MR) is 98.1 cm³/mol. The maximum Gasteiger partial charge on any atom is 0.321 e. The molecule has 0 saturated carbocycles. The minimum atomic E-state index is -3.75. The highest BCUT2D eigenvalue weighted by atomic mass is 32.2. The van der Waals surface area contributed by atoms with Crippen molar-refractivity contribution in [2.45, 2.75) is 43.5 Å². The number of nitrogens with one attached hydrogen (secondary N) is 2. The van der Waals surface area contributed by atoms with E-state index in [1.165, 1.54) is 48.4 Å². The molecular formula is C17H23N5O3S. The Kier molecular flexibility index (Phi) is 5.28. The van der Waals surface area contributed by atoms with E-state index in [0.29, 0.717) is 12.2 Å². The number of aromatic amines is 1. The molecule has 0 aliphatic heterocycles. The normalized spacial score (nSPS) is 14.4. The van der Waals surface area contributed by atoms with Crippen molar-refractivity contribution in [3.05, 3.63) is 41.2 Å². The van der Waals surface area contributed by atoms with E-state index < -0.39 is 10.0 Å². The quantitative estimate of drug-likeness (QED) is 0.705. The van der Waals surface area contributed by atoms with Gasteiger partial charge in [-0.3, -0.25) is 5.10 Å². The third-order valence-electron chi connectivity index (χ3n) is 4.56. The van der Waals surface area contributed by atoms with Crippen LogP contribution in [0.2, 0.25) is 0 Å². The number of H-pyrrole nitrogens is 1. The van der Waals surface area contributed by atoms with E-state index in [9.17, 15) is 13.2 Å². The number of carbonyl (C=O) groups excluding carboxylic acids is 1. The number of nitrogens with zero attached hydrogens (tertiary/aromatic N) is 2. The second kappa shape index (κ2) is 7.46. The van der Waals surface area contributed by atoms with Crippen LogP contribution in [0.3, 0.4) is 0 Å². The third kappa shape index (κ3) is 4.23. The molecular weight excluding hydrogens is 354 g/mol. The highest BCUT2D eigenvalue weighted by molar-refractivity contribution is 7.89. The van der Waals surface area contributed by atoms with Crippen molar-refractivity contribution in [3.8, 4) is 0 Å². The Morgan fingerprint density at radius 2 is 1.92 bits per heavy atom. The largest absolute Gasteiger partial charge is 0.322 e. The van der Waals surface area contributed by atoms with Crippen LogP contribution in [0.15, 0.2) is 29.2 Å². The third-order valence-corrected chi connectivity index (χ3v) is 5.49. The highest BCUT2D eigenvalue weighted by Crippen LogP contribution is 2.22. The number of aryl methyl sites for hydroxylation is 1. The Morgan fingerprint density at radius 3 is 2.62 bits per heavy atom. The van der Waals surface area contributed by atoms with Gasteiger partial charge in [0.2, 0.25) is 10.0 Å². The number of aromatic nitrogens is 2. The van der Waals surface area contributed by atoms with Gasteiger partial charge in [0.1, 0.15) is 0 Å². The van der Waals surface area contributed by atoms with Crippen molar-refractivity contribution in [1.29, 1.82) is 0 Å². The number of anilines is 1.